The van der Waals surface area contributed by atoms with Gasteiger partial charge in [0.05, 0.1) is 16.4 Å². The van der Waals surface area contributed by atoms with Crippen LogP contribution in [0.25, 0.3) is 11.3 Å². The minimum atomic E-state index is -0.534. The van der Waals surface area contributed by atoms with Gasteiger partial charge in [-0.25, -0.2) is 4.98 Å². The Hall–Kier alpha value is -2.08. The van der Waals surface area contributed by atoms with Gasteiger partial charge in [0.25, 0.3) is 5.91 Å². The first-order chi connectivity index (χ1) is 8.56. The van der Waals surface area contributed by atoms with Crippen molar-refractivity contribution in [1.29, 1.82) is 0 Å². The molecule has 1 aromatic heterocycles. The number of nitrogen functional groups attached to an aromatic ring is 1. The number of ether oxygens (including phenoxy) is 1. The van der Waals surface area contributed by atoms with E-state index in [2.05, 4.69) is 4.98 Å². The molecule has 0 aliphatic heterocycles. The molecule has 0 bridgehead atoms. The van der Waals surface area contributed by atoms with Crippen LogP contribution in [0.5, 0.6) is 5.75 Å². The second-order valence-corrected chi connectivity index (χ2v) is 4.82. The highest BCUT2D eigenvalue weighted by atomic mass is 32.1. The summed E-state index contributed by atoms with van der Waals surface area (Å²) in [5.74, 6) is -0.0851. The number of nitrogens with zero attached hydrogens (tertiary/aromatic N) is 1. The molecule has 0 unspecified atom stereocenters. The van der Waals surface area contributed by atoms with Crippen LogP contribution in [0.3, 0.4) is 0 Å². The van der Waals surface area contributed by atoms with Gasteiger partial charge in [0.1, 0.15) is 5.75 Å². The van der Waals surface area contributed by atoms with Crippen LogP contribution in [0.4, 0.5) is 5.69 Å². The van der Waals surface area contributed by atoms with Gasteiger partial charge in [-0.05, 0) is 25.1 Å². The van der Waals surface area contributed by atoms with Gasteiger partial charge in [-0.3, -0.25) is 4.79 Å². The van der Waals surface area contributed by atoms with Crippen LogP contribution < -0.4 is 16.2 Å². The lowest BCUT2D eigenvalue weighted by molar-refractivity contribution is -0.119. The Morgan fingerprint density at radius 1 is 1.50 bits per heavy atom. The average molecular weight is 263 g/mol. The van der Waals surface area contributed by atoms with Crippen molar-refractivity contribution in [2.75, 3.05) is 12.3 Å². The molecule has 0 spiro atoms. The Morgan fingerprint density at radius 2 is 2.28 bits per heavy atom. The lowest BCUT2D eigenvalue weighted by atomic mass is 10.1. The summed E-state index contributed by atoms with van der Waals surface area (Å²) in [6.45, 7) is 1.77. The van der Waals surface area contributed by atoms with Crippen molar-refractivity contribution in [3.05, 3.63) is 28.6 Å². The molecule has 0 aliphatic rings. The number of thiazole rings is 1. The van der Waals surface area contributed by atoms with Crippen molar-refractivity contribution >= 4 is 22.9 Å². The van der Waals surface area contributed by atoms with E-state index < -0.39 is 5.91 Å². The van der Waals surface area contributed by atoms with Crippen molar-refractivity contribution in [3.63, 3.8) is 0 Å². The van der Waals surface area contributed by atoms with Crippen LogP contribution >= 0.6 is 11.3 Å². The van der Waals surface area contributed by atoms with E-state index in [0.717, 1.165) is 16.3 Å². The minimum absolute atomic E-state index is 0.181. The SMILES string of the molecule is Cc1nc(-c2ccc(OCC(N)=O)c(N)c2)cs1. The first kappa shape index (κ1) is 12.4. The highest BCUT2D eigenvalue weighted by Crippen LogP contribution is 2.29. The molecule has 1 heterocycles. The first-order valence-electron chi connectivity index (χ1n) is 5.29. The maximum Gasteiger partial charge on any atom is 0.255 e. The number of rotatable bonds is 4. The minimum Gasteiger partial charge on any atom is -0.482 e. The van der Waals surface area contributed by atoms with E-state index >= 15 is 0 Å². The number of hydrogen-bond donors (Lipinski definition) is 2. The summed E-state index contributed by atoms with van der Waals surface area (Å²) in [6.07, 6.45) is 0. The number of primary amides is 1. The monoisotopic (exact) mass is 263 g/mol. The van der Waals surface area contributed by atoms with Crippen molar-refractivity contribution < 1.29 is 9.53 Å². The van der Waals surface area contributed by atoms with Gasteiger partial charge in [-0.2, -0.15) is 0 Å². The Labute approximate surface area is 108 Å². The fourth-order valence-corrected chi connectivity index (χ4v) is 2.11. The average Bonchev–Trinajstić information content (AvgIpc) is 2.74. The van der Waals surface area contributed by atoms with Gasteiger partial charge in [-0.15, -0.1) is 11.3 Å². The predicted octanol–water partition coefficient (Wildman–Crippen LogP) is 1.56. The zero-order valence-electron chi connectivity index (χ0n) is 9.84. The molecule has 0 fully saturated rings. The molecule has 6 heteroatoms. The van der Waals surface area contributed by atoms with Gasteiger partial charge in [0.15, 0.2) is 6.61 Å². The van der Waals surface area contributed by atoms with Gasteiger partial charge < -0.3 is 16.2 Å². The standard InChI is InChI=1S/C12H13N3O2S/c1-7-15-10(6-18-7)8-2-3-11(9(13)4-8)17-5-12(14)16/h2-4,6H,5,13H2,1H3,(H2,14,16). The predicted molar refractivity (Wildman–Crippen MR) is 71.4 cm³/mol. The number of nitrogens with two attached hydrogens (primary N) is 2. The van der Waals surface area contributed by atoms with E-state index in [4.69, 9.17) is 16.2 Å². The van der Waals surface area contributed by atoms with Crippen LogP contribution in [0.2, 0.25) is 0 Å². The van der Waals surface area contributed by atoms with Gasteiger partial charge >= 0.3 is 0 Å². The number of carbonyl (C=O) groups excluding carboxylic acids is 1. The topological polar surface area (TPSA) is 91.2 Å². The second-order valence-electron chi connectivity index (χ2n) is 3.76. The van der Waals surface area contributed by atoms with E-state index in [-0.39, 0.29) is 6.61 Å². The molecule has 1 amide bonds. The lowest BCUT2D eigenvalue weighted by Gasteiger charge is -2.08. The van der Waals surface area contributed by atoms with Crippen molar-refractivity contribution in [2.24, 2.45) is 5.73 Å². The number of hydrogen-bond acceptors (Lipinski definition) is 5. The van der Waals surface area contributed by atoms with Crippen LogP contribution in [-0.4, -0.2) is 17.5 Å². The number of aryl methyl sites for hydroxylation is 1. The molecule has 2 aromatic rings. The Balaban J connectivity index is 2.22. The fourth-order valence-electron chi connectivity index (χ4n) is 1.48. The zero-order chi connectivity index (χ0) is 13.1. The molecule has 0 saturated heterocycles. The molecule has 4 N–H and O–H groups in total. The van der Waals surface area contributed by atoms with Crippen LogP contribution in [0, 0.1) is 6.92 Å². The largest absolute Gasteiger partial charge is 0.482 e. The van der Waals surface area contributed by atoms with Crippen LogP contribution in [0.15, 0.2) is 23.6 Å². The molecule has 0 saturated carbocycles. The third-order valence-electron chi connectivity index (χ3n) is 2.29. The molecular weight excluding hydrogens is 250 g/mol. The van der Waals surface area contributed by atoms with Crippen molar-refractivity contribution in [1.82, 2.24) is 4.98 Å². The summed E-state index contributed by atoms with van der Waals surface area (Å²) in [5.41, 5.74) is 13.1. The number of aromatic nitrogens is 1. The quantitative estimate of drug-likeness (QED) is 0.819. The summed E-state index contributed by atoms with van der Waals surface area (Å²) in [7, 11) is 0. The molecular formula is C12H13N3O2S. The summed E-state index contributed by atoms with van der Waals surface area (Å²) in [6, 6.07) is 5.33. The molecule has 0 radical (unpaired) electrons. The lowest BCUT2D eigenvalue weighted by Crippen LogP contribution is -2.20. The molecule has 18 heavy (non-hydrogen) atoms. The molecule has 1 aromatic carbocycles. The molecule has 0 atom stereocenters. The Kier molecular flexibility index (Phi) is 3.47. The Morgan fingerprint density at radius 3 is 2.83 bits per heavy atom. The van der Waals surface area contributed by atoms with Crippen molar-refractivity contribution in [2.45, 2.75) is 6.92 Å². The highest BCUT2D eigenvalue weighted by Gasteiger charge is 2.07. The maximum absolute atomic E-state index is 10.6. The van der Waals surface area contributed by atoms with Gasteiger partial charge in [-0.1, -0.05) is 0 Å². The zero-order valence-corrected chi connectivity index (χ0v) is 10.7. The number of carbonyl (C=O) groups is 1. The van der Waals surface area contributed by atoms with E-state index in [1.165, 1.54) is 0 Å². The molecule has 2 rings (SSSR count). The van der Waals surface area contributed by atoms with Gasteiger partial charge in [0.2, 0.25) is 0 Å². The fraction of sp³-hybridized carbons (Fsp3) is 0.167. The van der Waals surface area contributed by atoms with E-state index in [1.54, 1.807) is 23.5 Å². The molecule has 0 aliphatic carbocycles. The van der Waals surface area contributed by atoms with E-state index in [1.807, 2.05) is 18.4 Å². The second kappa shape index (κ2) is 5.05. The maximum atomic E-state index is 10.6. The summed E-state index contributed by atoms with van der Waals surface area (Å²) < 4.78 is 5.18. The third-order valence-corrected chi connectivity index (χ3v) is 3.07. The van der Waals surface area contributed by atoms with Gasteiger partial charge in [0, 0.05) is 10.9 Å². The summed E-state index contributed by atoms with van der Waals surface area (Å²) in [4.78, 5) is 15.0. The smallest absolute Gasteiger partial charge is 0.255 e. The first-order valence-corrected chi connectivity index (χ1v) is 6.17. The summed E-state index contributed by atoms with van der Waals surface area (Å²) >= 11 is 1.58. The van der Waals surface area contributed by atoms with E-state index in [9.17, 15) is 4.79 Å². The number of benzene rings is 1. The number of amides is 1. The van der Waals surface area contributed by atoms with Crippen molar-refractivity contribution in [3.8, 4) is 17.0 Å². The third kappa shape index (κ3) is 2.78. The summed E-state index contributed by atoms with van der Waals surface area (Å²) in [5, 5.41) is 2.96. The van der Waals surface area contributed by atoms with E-state index in [0.29, 0.717) is 11.4 Å². The normalized spacial score (nSPS) is 10.3. The number of anilines is 1. The Bertz CT molecular complexity index is 580. The van der Waals surface area contributed by atoms with Crippen LogP contribution in [-0.2, 0) is 4.79 Å². The molecule has 94 valence electrons. The van der Waals surface area contributed by atoms with Crippen LogP contribution in [0.1, 0.15) is 5.01 Å². The molecule has 5 nitrogen and oxygen atoms in total. The highest BCUT2D eigenvalue weighted by molar-refractivity contribution is 7.09.